The van der Waals surface area contributed by atoms with Crippen LogP contribution in [-0.2, 0) is 0 Å². The van der Waals surface area contributed by atoms with E-state index in [0.29, 0.717) is 23.2 Å². The van der Waals surface area contributed by atoms with Crippen LogP contribution in [0.3, 0.4) is 0 Å². The zero-order valence-electron chi connectivity index (χ0n) is 45.8. The summed E-state index contributed by atoms with van der Waals surface area (Å²) in [6.45, 7) is 0.223. The monoisotopic (exact) mass is 1060 g/mol. The van der Waals surface area contributed by atoms with Gasteiger partial charge in [0.1, 0.15) is 13.0 Å². The van der Waals surface area contributed by atoms with Crippen molar-refractivity contribution < 1.29 is 4.74 Å². The van der Waals surface area contributed by atoms with Crippen LogP contribution in [0.5, 0.6) is 5.75 Å². The van der Waals surface area contributed by atoms with Crippen LogP contribution in [0, 0.1) is 0 Å². The molecule has 3 saturated carbocycles. The Kier molecular flexibility index (Phi) is 13.6. The molecule has 3 heterocycles. The largest absolute Gasteiger partial charge is 0.491 e. The van der Waals surface area contributed by atoms with Gasteiger partial charge < -0.3 is 24.3 Å². The number of benzene rings is 7. The Bertz CT molecular complexity index is 3350. The first-order valence-corrected chi connectivity index (χ1v) is 31.2. The first kappa shape index (κ1) is 50.0. The minimum Gasteiger partial charge on any atom is -0.491 e. The highest BCUT2D eigenvalue weighted by atomic mass is 32.2. The quantitative estimate of drug-likeness (QED) is 0.120. The molecule has 1 radical (unpaired) electrons. The van der Waals surface area contributed by atoms with Gasteiger partial charge in [-0.3, -0.25) is 0 Å². The molecule has 0 spiro atoms. The van der Waals surface area contributed by atoms with Crippen LogP contribution in [0.15, 0.2) is 247 Å². The Morgan fingerprint density at radius 1 is 0.575 bits per heavy atom. The standard InChI is InChI=1S/C72H71B2N4OS/c1-8-26-50(27-9-1)59-40-22-24-42-63(59)78-64-49-69-60(48-62(64)74-61-41-23-25-43-67(61)79-68-46-57(45-66(78)72(68)74)75(51-28-10-2-11-29-51)52-30-12-3-13-31-52)73-71-65(77(55-36-18-6-19-37-55)56-38-20-7-21-39-56)44-58(47-70(71)80-69)76(53-32-14-4-15-33-53)54-34-16-5-17-35-54/h1-2,4-10,14-28,32-43,48-49,52,57-58,60,65-66,68-72H,3,11-13,29-31,44-47H2. The van der Waals surface area contributed by atoms with E-state index in [4.69, 9.17) is 4.74 Å². The molecule has 0 amide bonds. The zero-order chi connectivity index (χ0) is 52.9. The van der Waals surface area contributed by atoms with Gasteiger partial charge in [-0.25, -0.2) is 0 Å². The second-order valence-electron chi connectivity index (χ2n) is 24.0. The van der Waals surface area contributed by atoms with Crippen molar-refractivity contribution >= 4 is 59.7 Å². The fourth-order valence-electron chi connectivity index (χ4n) is 16.4. The van der Waals surface area contributed by atoms with E-state index in [-0.39, 0.29) is 47.8 Å². The number of rotatable bonds is 11. The van der Waals surface area contributed by atoms with Gasteiger partial charge in [-0.15, -0.1) is 0 Å². The molecule has 5 nitrogen and oxygen atoms in total. The molecule has 7 aromatic carbocycles. The zero-order valence-corrected chi connectivity index (χ0v) is 46.6. The van der Waals surface area contributed by atoms with Gasteiger partial charge in [0, 0.05) is 98.3 Å². The number of thioether (sulfide) groups is 1. The lowest BCUT2D eigenvalue weighted by atomic mass is 9.26. The smallest absolute Gasteiger partial charge is 0.225 e. The molecule has 5 aliphatic carbocycles. The predicted molar refractivity (Wildman–Crippen MR) is 338 cm³/mol. The minimum atomic E-state index is 0.0762. The maximum absolute atomic E-state index is 7.55. The molecule has 15 rings (SSSR count). The van der Waals surface area contributed by atoms with Crippen molar-refractivity contribution in [2.24, 2.45) is 0 Å². The molecule has 5 fully saturated rings. The number of para-hydroxylation sites is 6. The molecule has 8 aliphatic rings. The Morgan fingerprint density at radius 3 is 1.88 bits per heavy atom. The minimum absolute atomic E-state index is 0.0762. The Hall–Kier alpha value is -7.02. The number of ether oxygens (including phenoxy) is 1. The average molecular weight is 1060 g/mol. The summed E-state index contributed by atoms with van der Waals surface area (Å²) in [4.78, 5) is 11.3. The van der Waals surface area contributed by atoms with Crippen molar-refractivity contribution in [1.29, 1.82) is 0 Å². The van der Waals surface area contributed by atoms with E-state index >= 15 is 0 Å². The van der Waals surface area contributed by atoms with Gasteiger partial charge >= 0.3 is 0 Å². The second-order valence-corrected chi connectivity index (χ2v) is 25.4. The Balaban J connectivity index is 0.889. The summed E-state index contributed by atoms with van der Waals surface area (Å²) in [5.41, 5.74) is 14.8. The normalized spacial score (nSPS) is 27.4. The van der Waals surface area contributed by atoms with Gasteiger partial charge in [0.25, 0.3) is 0 Å². The number of fused-ring (bicyclic) bond motifs is 6. The molecular formula is C72H71B2N4OS. The van der Waals surface area contributed by atoms with Crippen LogP contribution < -0.4 is 24.9 Å². The summed E-state index contributed by atoms with van der Waals surface area (Å²) in [6, 6.07) is 76.4. The molecule has 7 aromatic rings. The van der Waals surface area contributed by atoms with Gasteiger partial charge in [-0.05, 0) is 140 Å². The number of nitrogens with zero attached hydrogens (tertiary/aromatic N) is 4. The Labute approximate surface area is 480 Å². The SMILES string of the molecule is [B]1C2C=C3B4c5ccccc5OC5CC(N(C6=CC=CCC6)C6CCCCC6)CC(C45)N(c4ccccc4-c4ccccc4)C3=CC2SC2CC(N(c3ccccc3)c3ccccc3)CC(N(c3ccccc3)c3ccccc3)C12. The average Bonchev–Trinajstić information content (AvgIpc) is 3.71. The second kappa shape index (κ2) is 21.8. The highest BCUT2D eigenvalue weighted by Gasteiger charge is 2.59. The topological polar surface area (TPSA) is 22.2 Å². The first-order valence-electron chi connectivity index (χ1n) is 30.3. The number of anilines is 5. The molecule has 80 heavy (non-hydrogen) atoms. The van der Waals surface area contributed by atoms with Gasteiger partial charge in [0.2, 0.25) is 6.71 Å². The number of hydrogen-bond acceptors (Lipinski definition) is 6. The number of allylic oxidation sites excluding steroid dienone is 6. The van der Waals surface area contributed by atoms with Crippen molar-refractivity contribution in [1.82, 2.24) is 4.90 Å². The van der Waals surface area contributed by atoms with E-state index in [9.17, 15) is 0 Å². The lowest BCUT2D eigenvalue weighted by molar-refractivity contribution is 0.0485. The van der Waals surface area contributed by atoms with E-state index < -0.39 is 0 Å². The molecule has 10 atom stereocenters. The van der Waals surface area contributed by atoms with E-state index in [1.807, 2.05) is 0 Å². The lowest BCUT2D eigenvalue weighted by Crippen LogP contribution is -2.67. The first-order chi connectivity index (χ1) is 39.7. The molecule has 2 saturated heterocycles. The molecular weight excluding hydrogens is 991 g/mol. The van der Waals surface area contributed by atoms with Crippen LogP contribution in [-0.4, -0.2) is 65.7 Å². The van der Waals surface area contributed by atoms with Crippen molar-refractivity contribution in [2.45, 2.75) is 135 Å². The molecule has 0 bridgehead atoms. The highest BCUT2D eigenvalue weighted by molar-refractivity contribution is 8.01. The van der Waals surface area contributed by atoms with Crippen LogP contribution in [0.2, 0.25) is 17.5 Å². The summed E-state index contributed by atoms with van der Waals surface area (Å²) in [5.74, 6) is 1.95. The van der Waals surface area contributed by atoms with E-state index in [1.54, 1.807) is 5.70 Å². The van der Waals surface area contributed by atoms with Crippen molar-refractivity contribution in [3.05, 3.63) is 247 Å². The molecule has 0 N–H and O–H groups in total. The summed E-state index contributed by atoms with van der Waals surface area (Å²) < 4.78 is 7.55. The molecule has 8 heteroatoms. The summed E-state index contributed by atoms with van der Waals surface area (Å²) in [6.07, 6.45) is 25.9. The van der Waals surface area contributed by atoms with Crippen LogP contribution in [0.1, 0.15) is 70.6 Å². The summed E-state index contributed by atoms with van der Waals surface area (Å²) in [5, 5.41) is 0.636. The summed E-state index contributed by atoms with van der Waals surface area (Å²) >= 11 is 2.28. The fraction of sp³-hybridized carbons (Fsp3) is 0.306. The van der Waals surface area contributed by atoms with Crippen molar-refractivity contribution in [3.63, 3.8) is 0 Å². The molecule has 397 valence electrons. The lowest BCUT2D eigenvalue weighted by Gasteiger charge is -2.60. The van der Waals surface area contributed by atoms with E-state index in [1.165, 1.54) is 88.3 Å². The molecule has 0 aromatic heterocycles. The summed E-state index contributed by atoms with van der Waals surface area (Å²) in [7, 11) is 2.86. The van der Waals surface area contributed by atoms with Gasteiger partial charge in [-0.1, -0.05) is 182 Å². The third kappa shape index (κ3) is 9.14. The van der Waals surface area contributed by atoms with Crippen molar-refractivity contribution in [3.8, 4) is 16.9 Å². The third-order valence-electron chi connectivity index (χ3n) is 19.5. The Morgan fingerprint density at radius 2 is 1.20 bits per heavy atom. The van der Waals surface area contributed by atoms with Crippen LogP contribution in [0.4, 0.5) is 28.4 Å². The predicted octanol–water partition coefficient (Wildman–Crippen LogP) is 16.4. The maximum atomic E-state index is 7.55. The highest BCUT2D eigenvalue weighted by Crippen LogP contribution is 2.59. The third-order valence-corrected chi connectivity index (χ3v) is 21.2. The van der Waals surface area contributed by atoms with Crippen LogP contribution >= 0.6 is 11.8 Å². The molecule has 10 unspecified atom stereocenters. The van der Waals surface area contributed by atoms with Gasteiger partial charge in [0.15, 0.2) is 0 Å². The van der Waals surface area contributed by atoms with Gasteiger partial charge in [-0.2, -0.15) is 11.8 Å². The maximum Gasteiger partial charge on any atom is 0.225 e. The number of hydrogen-bond donors (Lipinski definition) is 0. The van der Waals surface area contributed by atoms with E-state index in [2.05, 4.69) is 269 Å². The van der Waals surface area contributed by atoms with Crippen LogP contribution in [0.25, 0.3) is 11.1 Å². The fourth-order valence-corrected chi connectivity index (χ4v) is 18.1. The van der Waals surface area contributed by atoms with Gasteiger partial charge in [0.05, 0.1) is 6.10 Å². The van der Waals surface area contributed by atoms with Crippen molar-refractivity contribution in [2.75, 3.05) is 14.7 Å². The molecule has 3 aliphatic heterocycles. The van der Waals surface area contributed by atoms with E-state index in [0.717, 1.165) is 44.3 Å².